The van der Waals surface area contributed by atoms with Crippen LogP contribution in [0.3, 0.4) is 0 Å². The molecular weight excluding hydrogens is 528 g/mol. The molecule has 1 fully saturated rings. The minimum atomic E-state index is 0.0676. The summed E-state index contributed by atoms with van der Waals surface area (Å²) < 4.78 is 0. The number of carbonyl (C=O) groups excluding carboxylic acids is 1. The molecule has 7 nitrogen and oxygen atoms in total. The third-order valence-electron chi connectivity index (χ3n) is 8.14. The Morgan fingerprint density at radius 1 is 1.00 bits per heavy atom. The van der Waals surface area contributed by atoms with Gasteiger partial charge in [-0.15, -0.1) is 11.3 Å². The molecule has 7 rings (SSSR count). The Labute approximate surface area is 243 Å². The second-order valence-corrected chi connectivity index (χ2v) is 12.1. The lowest BCUT2D eigenvalue weighted by molar-refractivity contribution is -0.117. The van der Waals surface area contributed by atoms with Crippen molar-refractivity contribution in [2.24, 2.45) is 5.92 Å². The average molecular weight is 561 g/mol. The summed E-state index contributed by atoms with van der Waals surface area (Å²) in [5.74, 6) is 1.41. The molecule has 1 amide bonds. The highest BCUT2D eigenvalue weighted by molar-refractivity contribution is 7.13. The van der Waals surface area contributed by atoms with E-state index in [9.17, 15) is 4.79 Å². The summed E-state index contributed by atoms with van der Waals surface area (Å²) in [5.41, 5.74) is 7.85. The summed E-state index contributed by atoms with van der Waals surface area (Å²) in [7, 11) is 0. The quantitative estimate of drug-likeness (QED) is 0.196. The Kier molecular flexibility index (Phi) is 6.84. The zero-order chi connectivity index (χ0) is 27.8. The Morgan fingerprint density at radius 3 is 2.71 bits per heavy atom. The molecule has 1 saturated carbocycles. The van der Waals surface area contributed by atoms with Gasteiger partial charge in [-0.3, -0.25) is 14.8 Å². The molecular formula is C33H32N6OS. The van der Waals surface area contributed by atoms with Crippen LogP contribution in [-0.4, -0.2) is 31.9 Å². The van der Waals surface area contributed by atoms with Crippen LogP contribution in [0.2, 0.25) is 0 Å². The minimum Gasteiger partial charge on any atom is -0.364 e. The SMILES string of the molecule is CC1C=C(c2cc3c(-c4cccs4)cncc3[nH]2)c2cc(-c3cncc(NC(=O)CC4CCCCC4)c3)cnc2N1. The van der Waals surface area contributed by atoms with Crippen LogP contribution in [-0.2, 0) is 4.79 Å². The Hall–Kier alpha value is -4.30. The lowest BCUT2D eigenvalue weighted by atomic mass is 9.87. The fraction of sp³-hybridized carbons (Fsp3) is 0.273. The monoisotopic (exact) mass is 560 g/mol. The molecule has 206 valence electrons. The van der Waals surface area contributed by atoms with Crippen LogP contribution in [0.1, 0.15) is 56.7 Å². The molecule has 41 heavy (non-hydrogen) atoms. The zero-order valence-electron chi connectivity index (χ0n) is 23.0. The van der Waals surface area contributed by atoms with Crippen LogP contribution in [0.15, 0.2) is 72.8 Å². The van der Waals surface area contributed by atoms with Gasteiger partial charge in [-0.2, -0.15) is 0 Å². The van der Waals surface area contributed by atoms with Crippen molar-refractivity contribution >= 4 is 45.2 Å². The lowest BCUT2D eigenvalue weighted by Crippen LogP contribution is -2.19. The van der Waals surface area contributed by atoms with Crippen LogP contribution >= 0.6 is 11.3 Å². The van der Waals surface area contributed by atoms with Crippen molar-refractivity contribution in [1.82, 2.24) is 19.9 Å². The first kappa shape index (κ1) is 25.7. The number of nitrogens with one attached hydrogen (secondary N) is 3. The van der Waals surface area contributed by atoms with Gasteiger partial charge in [0.25, 0.3) is 0 Å². The normalized spacial score (nSPS) is 17.1. The Balaban J connectivity index is 1.19. The van der Waals surface area contributed by atoms with Gasteiger partial charge in [0.15, 0.2) is 0 Å². The number of pyridine rings is 3. The van der Waals surface area contributed by atoms with E-state index in [-0.39, 0.29) is 11.9 Å². The van der Waals surface area contributed by atoms with Crippen molar-refractivity contribution in [2.45, 2.75) is 51.5 Å². The molecule has 1 atom stereocenters. The van der Waals surface area contributed by atoms with Crippen LogP contribution < -0.4 is 10.6 Å². The molecule has 0 aromatic carbocycles. The third kappa shape index (κ3) is 5.27. The van der Waals surface area contributed by atoms with E-state index in [1.807, 2.05) is 30.9 Å². The first-order valence-electron chi connectivity index (χ1n) is 14.4. The average Bonchev–Trinajstić information content (AvgIpc) is 3.68. The fourth-order valence-corrected chi connectivity index (χ4v) is 6.88. The van der Waals surface area contributed by atoms with Gasteiger partial charge in [0, 0.05) is 74.8 Å². The van der Waals surface area contributed by atoms with Crippen LogP contribution in [0.4, 0.5) is 11.5 Å². The molecule has 0 saturated heterocycles. The second-order valence-electron chi connectivity index (χ2n) is 11.2. The van der Waals surface area contributed by atoms with Crippen molar-refractivity contribution < 1.29 is 4.79 Å². The summed E-state index contributed by atoms with van der Waals surface area (Å²) in [5, 5.41) is 9.82. The number of amides is 1. The summed E-state index contributed by atoms with van der Waals surface area (Å²) in [6.45, 7) is 2.13. The first-order valence-corrected chi connectivity index (χ1v) is 15.2. The smallest absolute Gasteiger partial charge is 0.224 e. The van der Waals surface area contributed by atoms with Crippen molar-refractivity contribution in [1.29, 1.82) is 0 Å². The van der Waals surface area contributed by atoms with E-state index in [2.05, 4.69) is 68.2 Å². The van der Waals surface area contributed by atoms with E-state index in [1.165, 1.54) is 24.1 Å². The number of H-pyrrole nitrogens is 1. The molecule has 5 aromatic heterocycles. The highest BCUT2D eigenvalue weighted by Crippen LogP contribution is 2.38. The summed E-state index contributed by atoms with van der Waals surface area (Å²) in [4.78, 5) is 31.3. The first-order chi connectivity index (χ1) is 20.1. The maximum absolute atomic E-state index is 12.7. The zero-order valence-corrected chi connectivity index (χ0v) is 23.8. The molecule has 1 unspecified atom stereocenters. The third-order valence-corrected chi connectivity index (χ3v) is 9.04. The van der Waals surface area contributed by atoms with Crippen LogP contribution in [0.5, 0.6) is 0 Å². The highest BCUT2D eigenvalue weighted by atomic mass is 32.1. The van der Waals surface area contributed by atoms with Gasteiger partial charge < -0.3 is 15.6 Å². The maximum Gasteiger partial charge on any atom is 0.224 e. The van der Waals surface area contributed by atoms with Gasteiger partial charge in [-0.25, -0.2) is 4.98 Å². The lowest BCUT2D eigenvalue weighted by Gasteiger charge is -2.23. The van der Waals surface area contributed by atoms with Gasteiger partial charge in [0.1, 0.15) is 5.82 Å². The fourth-order valence-electron chi connectivity index (χ4n) is 6.13. The molecule has 1 aliphatic carbocycles. The molecule has 6 heterocycles. The Bertz CT molecular complexity index is 1750. The van der Waals surface area contributed by atoms with E-state index in [4.69, 9.17) is 4.98 Å². The van der Waals surface area contributed by atoms with Gasteiger partial charge >= 0.3 is 0 Å². The minimum absolute atomic E-state index is 0.0676. The maximum atomic E-state index is 12.7. The number of aromatic nitrogens is 4. The molecule has 8 heteroatoms. The standard InChI is InChI=1S/C33H32N6OS/c1-20-10-25(29-14-26-28(31-8-5-9-41-31)18-35-19-30(26)39-29)27-13-23(16-36-33(27)37-20)22-12-24(17-34-15-22)38-32(40)11-21-6-3-2-4-7-21/h5,8-10,12-21,39H,2-4,6-7,11H2,1H3,(H,36,37)(H,38,40). The van der Waals surface area contributed by atoms with Gasteiger partial charge in [0.2, 0.25) is 5.91 Å². The predicted octanol–water partition coefficient (Wildman–Crippen LogP) is 7.90. The highest BCUT2D eigenvalue weighted by Gasteiger charge is 2.22. The summed E-state index contributed by atoms with van der Waals surface area (Å²) >= 11 is 1.72. The van der Waals surface area contributed by atoms with E-state index < -0.39 is 0 Å². The molecule has 3 N–H and O–H groups in total. The van der Waals surface area contributed by atoms with E-state index in [1.54, 1.807) is 17.5 Å². The summed E-state index contributed by atoms with van der Waals surface area (Å²) in [6, 6.07) is 10.7. The molecule has 2 aliphatic rings. The topological polar surface area (TPSA) is 95.6 Å². The van der Waals surface area contributed by atoms with E-state index in [0.29, 0.717) is 18.0 Å². The molecule has 0 radical (unpaired) electrons. The molecule has 1 aliphatic heterocycles. The number of nitrogens with zero attached hydrogens (tertiary/aromatic N) is 3. The van der Waals surface area contributed by atoms with Gasteiger partial charge in [-0.05, 0) is 55.3 Å². The number of carbonyl (C=O) groups is 1. The van der Waals surface area contributed by atoms with Gasteiger partial charge in [0.05, 0.1) is 23.6 Å². The molecule has 0 bridgehead atoms. The van der Waals surface area contributed by atoms with Crippen LogP contribution in [0, 0.1) is 5.92 Å². The molecule has 0 spiro atoms. The number of hydrogen-bond acceptors (Lipinski definition) is 6. The van der Waals surface area contributed by atoms with Gasteiger partial charge in [-0.1, -0.05) is 31.4 Å². The van der Waals surface area contributed by atoms with E-state index >= 15 is 0 Å². The van der Waals surface area contributed by atoms with E-state index in [0.717, 1.165) is 63.1 Å². The number of aromatic amines is 1. The number of fused-ring (bicyclic) bond motifs is 2. The number of thiophene rings is 1. The largest absolute Gasteiger partial charge is 0.364 e. The molecule has 5 aromatic rings. The Morgan fingerprint density at radius 2 is 1.85 bits per heavy atom. The van der Waals surface area contributed by atoms with Crippen LogP contribution in [0.25, 0.3) is 38.0 Å². The van der Waals surface area contributed by atoms with Crippen molar-refractivity contribution in [3.8, 4) is 21.6 Å². The van der Waals surface area contributed by atoms with Crippen molar-refractivity contribution in [3.63, 3.8) is 0 Å². The number of hydrogen-bond donors (Lipinski definition) is 3. The number of anilines is 2. The van der Waals surface area contributed by atoms with Crippen molar-refractivity contribution in [3.05, 3.63) is 84.0 Å². The van der Waals surface area contributed by atoms with Crippen molar-refractivity contribution in [2.75, 3.05) is 10.6 Å². The second kappa shape index (κ2) is 10.9. The predicted molar refractivity (Wildman–Crippen MR) is 167 cm³/mol. The summed E-state index contributed by atoms with van der Waals surface area (Å²) in [6.07, 6.45) is 18.1. The number of rotatable bonds is 6.